The van der Waals surface area contributed by atoms with E-state index in [4.69, 9.17) is 5.73 Å². The first-order valence-corrected chi connectivity index (χ1v) is 7.80. The zero-order valence-corrected chi connectivity index (χ0v) is 13.4. The molecule has 0 heterocycles. The number of rotatable bonds is 2. The molecule has 0 aromatic heterocycles. The molecule has 1 unspecified atom stereocenters. The Hall–Kier alpha value is -1.76. The third kappa shape index (κ3) is 2.83. The van der Waals surface area contributed by atoms with Crippen LogP contribution in [0.1, 0.15) is 33.9 Å². The minimum Gasteiger partial charge on any atom is -0.507 e. The predicted molar refractivity (Wildman–Crippen MR) is 90.2 cm³/mol. The number of hydrogen-bond donors (Lipinski definition) is 3. The molecule has 4 nitrogen and oxygen atoms in total. The number of aromatic hydroxyl groups is 1. The van der Waals surface area contributed by atoms with Crippen molar-refractivity contribution in [1.82, 2.24) is 5.32 Å². The molecule has 2 aromatic carbocycles. The van der Waals surface area contributed by atoms with Gasteiger partial charge in [-0.25, -0.2) is 0 Å². The van der Waals surface area contributed by atoms with E-state index < -0.39 is 0 Å². The fraction of sp³-hybridized carbons (Fsp3) is 0.188. The maximum Gasteiger partial charge on any atom is 0.251 e. The van der Waals surface area contributed by atoms with Crippen molar-refractivity contribution in [3.63, 3.8) is 0 Å². The molecule has 108 valence electrons. The summed E-state index contributed by atoms with van der Waals surface area (Å²) < 4.78 is 0.728. The number of nitrogens with one attached hydrogen (secondary N) is 1. The molecule has 0 saturated carbocycles. The zero-order chi connectivity index (χ0) is 15.0. The Morgan fingerprint density at radius 3 is 2.86 bits per heavy atom. The van der Waals surface area contributed by atoms with Crippen LogP contribution in [0.25, 0.3) is 0 Å². The van der Waals surface area contributed by atoms with Crippen LogP contribution in [0.5, 0.6) is 5.75 Å². The summed E-state index contributed by atoms with van der Waals surface area (Å²) in [5.41, 5.74) is 9.34. The van der Waals surface area contributed by atoms with Crippen molar-refractivity contribution in [2.75, 3.05) is 5.73 Å². The van der Waals surface area contributed by atoms with E-state index in [0.717, 1.165) is 27.7 Å². The van der Waals surface area contributed by atoms with E-state index in [1.807, 2.05) is 40.8 Å². The molecular weight excluding hydrogens is 379 g/mol. The first-order valence-electron chi connectivity index (χ1n) is 6.72. The van der Waals surface area contributed by atoms with Crippen LogP contribution in [-0.2, 0) is 6.42 Å². The number of benzene rings is 2. The van der Waals surface area contributed by atoms with Crippen molar-refractivity contribution < 1.29 is 9.90 Å². The molecule has 0 fully saturated rings. The van der Waals surface area contributed by atoms with E-state index in [1.165, 1.54) is 11.6 Å². The second-order valence-corrected chi connectivity index (χ2v) is 6.35. The Balaban J connectivity index is 1.79. The summed E-state index contributed by atoms with van der Waals surface area (Å²) in [4.78, 5) is 12.3. The van der Waals surface area contributed by atoms with Gasteiger partial charge in [-0.3, -0.25) is 4.79 Å². The lowest BCUT2D eigenvalue weighted by Crippen LogP contribution is -2.27. The highest BCUT2D eigenvalue weighted by molar-refractivity contribution is 14.1. The quantitative estimate of drug-likeness (QED) is 0.542. The lowest BCUT2D eigenvalue weighted by Gasteiger charge is -2.14. The zero-order valence-electron chi connectivity index (χ0n) is 11.3. The van der Waals surface area contributed by atoms with Crippen LogP contribution in [0.4, 0.5) is 5.69 Å². The topological polar surface area (TPSA) is 75.3 Å². The van der Waals surface area contributed by atoms with Crippen LogP contribution in [0.3, 0.4) is 0 Å². The van der Waals surface area contributed by atoms with E-state index in [2.05, 4.69) is 5.32 Å². The van der Waals surface area contributed by atoms with Gasteiger partial charge in [-0.05, 0) is 76.9 Å². The van der Waals surface area contributed by atoms with E-state index in [0.29, 0.717) is 5.56 Å². The van der Waals surface area contributed by atoms with Crippen molar-refractivity contribution in [1.29, 1.82) is 0 Å². The molecule has 1 aliphatic carbocycles. The summed E-state index contributed by atoms with van der Waals surface area (Å²) in [5, 5.41) is 12.7. The molecular formula is C16H15IN2O2. The molecule has 1 amide bonds. The van der Waals surface area contributed by atoms with Crippen molar-refractivity contribution in [3.05, 3.63) is 56.7 Å². The number of phenols is 1. The highest BCUT2D eigenvalue weighted by Gasteiger charge is 2.24. The third-order valence-electron chi connectivity index (χ3n) is 3.76. The van der Waals surface area contributed by atoms with E-state index in [-0.39, 0.29) is 17.7 Å². The maximum absolute atomic E-state index is 12.3. The summed E-state index contributed by atoms with van der Waals surface area (Å²) in [5.74, 6) is -0.0424. The number of anilines is 1. The third-order valence-corrected chi connectivity index (χ3v) is 4.67. The lowest BCUT2D eigenvalue weighted by atomic mass is 10.1. The van der Waals surface area contributed by atoms with Gasteiger partial charge in [0, 0.05) is 11.3 Å². The van der Waals surface area contributed by atoms with Gasteiger partial charge in [-0.2, -0.15) is 0 Å². The Morgan fingerprint density at radius 2 is 2.10 bits per heavy atom. The standard InChI is InChI=1S/C16H15IN2O2/c17-13-5-1-10(8-15(13)20)16(21)19-14-6-2-9-7-11(18)3-4-12(9)14/h1,3-5,7-8,14,20H,2,6,18H2,(H,19,21). The summed E-state index contributed by atoms with van der Waals surface area (Å²) in [6.45, 7) is 0. The fourth-order valence-corrected chi connectivity index (χ4v) is 3.02. The lowest BCUT2D eigenvalue weighted by molar-refractivity contribution is 0.0936. The van der Waals surface area contributed by atoms with Crippen molar-refractivity contribution in [3.8, 4) is 5.75 Å². The first-order chi connectivity index (χ1) is 10.0. The van der Waals surface area contributed by atoms with Crippen LogP contribution in [0.15, 0.2) is 36.4 Å². The summed E-state index contributed by atoms with van der Waals surface area (Å²) in [6.07, 6.45) is 1.80. The number of phenolic OH excluding ortho intramolecular Hbond substituents is 1. The van der Waals surface area contributed by atoms with Crippen LogP contribution >= 0.6 is 22.6 Å². The van der Waals surface area contributed by atoms with Crippen LogP contribution in [0.2, 0.25) is 0 Å². The Morgan fingerprint density at radius 1 is 1.29 bits per heavy atom. The van der Waals surface area contributed by atoms with Gasteiger partial charge in [0.25, 0.3) is 5.91 Å². The monoisotopic (exact) mass is 394 g/mol. The summed E-state index contributed by atoms with van der Waals surface area (Å²) >= 11 is 2.02. The van der Waals surface area contributed by atoms with Gasteiger partial charge in [0.1, 0.15) is 5.75 Å². The second-order valence-electron chi connectivity index (χ2n) is 5.19. The van der Waals surface area contributed by atoms with E-state index in [9.17, 15) is 9.90 Å². The minimum absolute atomic E-state index is 0.00882. The Labute approximate surface area is 136 Å². The highest BCUT2D eigenvalue weighted by Crippen LogP contribution is 2.32. The molecule has 3 rings (SSSR count). The molecule has 1 atom stereocenters. The molecule has 0 radical (unpaired) electrons. The number of fused-ring (bicyclic) bond motifs is 1. The molecule has 1 aliphatic rings. The van der Waals surface area contributed by atoms with E-state index in [1.54, 1.807) is 12.1 Å². The minimum atomic E-state index is -0.170. The normalized spacial score (nSPS) is 16.5. The van der Waals surface area contributed by atoms with Crippen LogP contribution in [0, 0.1) is 3.57 Å². The first kappa shape index (κ1) is 14.2. The number of carbonyl (C=O) groups is 1. The van der Waals surface area contributed by atoms with Crippen molar-refractivity contribution in [2.24, 2.45) is 0 Å². The molecule has 0 spiro atoms. The highest BCUT2D eigenvalue weighted by atomic mass is 127. The molecule has 5 heteroatoms. The van der Waals surface area contributed by atoms with Gasteiger partial charge in [0.05, 0.1) is 9.61 Å². The van der Waals surface area contributed by atoms with E-state index >= 15 is 0 Å². The fourth-order valence-electron chi connectivity index (χ4n) is 2.68. The molecule has 0 saturated heterocycles. The van der Waals surface area contributed by atoms with Crippen molar-refractivity contribution >= 4 is 34.2 Å². The number of carbonyl (C=O) groups excluding carboxylic acids is 1. The molecule has 2 aromatic rings. The van der Waals surface area contributed by atoms with Gasteiger partial charge in [0.2, 0.25) is 0 Å². The SMILES string of the molecule is Nc1ccc2c(c1)CCC2NC(=O)c1ccc(I)c(O)c1. The largest absolute Gasteiger partial charge is 0.507 e. The molecule has 4 N–H and O–H groups in total. The molecule has 21 heavy (non-hydrogen) atoms. The smallest absolute Gasteiger partial charge is 0.251 e. The van der Waals surface area contributed by atoms with Gasteiger partial charge < -0.3 is 16.2 Å². The Bertz CT molecular complexity index is 715. The number of aryl methyl sites for hydroxylation is 1. The second kappa shape index (κ2) is 5.55. The number of amides is 1. The Kier molecular flexibility index (Phi) is 3.75. The van der Waals surface area contributed by atoms with Crippen LogP contribution < -0.4 is 11.1 Å². The maximum atomic E-state index is 12.3. The van der Waals surface area contributed by atoms with Crippen molar-refractivity contribution in [2.45, 2.75) is 18.9 Å². The average molecular weight is 394 g/mol. The molecule has 0 bridgehead atoms. The molecule has 0 aliphatic heterocycles. The average Bonchev–Trinajstić information content (AvgIpc) is 2.84. The van der Waals surface area contributed by atoms with Gasteiger partial charge in [-0.1, -0.05) is 6.07 Å². The summed E-state index contributed by atoms with van der Waals surface area (Å²) in [7, 11) is 0. The van der Waals surface area contributed by atoms with Gasteiger partial charge >= 0.3 is 0 Å². The number of nitrogens with two attached hydrogens (primary N) is 1. The number of hydrogen-bond acceptors (Lipinski definition) is 3. The number of halogens is 1. The van der Waals surface area contributed by atoms with Gasteiger partial charge in [0.15, 0.2) is 0 Å². The summed E-state index contributed by atoms with van der Waals surface area (Å²) in [6, 6.07) is 10.8. The van der Waals surface area contributed by atoms with Gasteiger partial charge in [-0.15, -0.1) is 0 Å². The number of nitrogen functional groups attached to an aromatic ring is 1. The van der Waals surface area contributed by atoms with Crippen LogP contribution in [-0.4, -0.2) is 11.0 Å². The predicted octanol–water partition coefficient (Wildman–Crippen LogP) is 3.00.